The SMILES string of the molecule is Cl.O=c1cc(CN2CCN(CCCl)CC2)[nH]c(=O)[nH]1. The Morgan fingerprint density at radius 2 is 1.74 bits per heavy atom. The van der Waals surface area contributed by atoms with E-state index in [1.165, 1.54) is 6.07 Å². The molecule has 108 valence electrons. The van der Waals surface area contributed by atoms with Crippen molar-refractivity contribution in [3.8, 4) is 0 Å². The molecule has 0 saturated carbocycles. The summed E-state index contributed by atoms with van der Waals surface area (Å²) in [5.74, 6) is 0.654. The third kappa shape index (κ3) is 4.99. The Kier molecular flexibility index (Phi) is 6.57. The molecule has 0 amide bonds. The van der Waals surface area contributed by atoms with Crippen LogP contribution in [0.5, 0.6) is 0 Å². The Balaban J connectivity index is 0.00000180. The zero-order chi connectivity index (χ0) is 13.0. The lowest BCUT2D eigenvalue weighted by molar-refractivity contribution is 0.131. The Morgan fingerprint density at radius 1 is 1.11 bits per heavy atom. The molecular formula is C11H18Cl2N4O2. The first-order valence-electron chi connectivity index (χ1n) is 6.00. The molecule has 0 atom stereocenters. The normalized spacial score (nSPS) is 17.1. The van der Waals surface area contributed by atoms with Gasteiger partial charge in [0.05, 0.1) is 0 Å². The highest BCUT2D eigenvalue weighted by Crippen LogP contribution is 2.05. The number of rotatable bonds is 4. The van der Waals surface area contributed by atoms with Gasteiger partial charge >= 0.3 is 5.69 Å². The Hall–Kier alpha value is -0.820. The fraction of sp³-hybridized carbons (Fsp3) is 0.636. The first-order valence-corrected chi connectivity index (χ1v) is 6.54. The van der Waals surface area contributed by atoms with Crippen molar-refractivity contribution in [1.82, 2.24) is 19.8 Å². The van der Waals surface area contributed by atoms with Crippen LogP contribution in [-0.4, -0.2) is 58.4 Å². The molecule has 0 aromatic carbocycles. The molecule has 0 unspecified atom stereocenters. The summed E-state index contributed by atoms with van der Waals surface area (Å²) < 4.78 is 0. The highest BCUT2D eigenvalue weighted by molar-refractivity contribution is 6.18. The Bertz CT molecular complexity index is 466. The molecule has 1 aromatic heterocycles. The van der Waals surface area contributed by atoms with Gasteiger partial charge in [-0.05, 0) is 0 Å². The van der Waals surface area contributed by atoms with Crippen molar-refractivity contribution in [3.05, 3.63) is 32.6 Å². The number of nitrogens with zero attached hydrogens (tertiary/aromatic N) is 2. The molecule has 1 aliphatic rings. The van der Waals surface area contributed by atoms with Gasteiger partial charge in [-0.15, -0.1) is 24.0 Å². The van der Waals surface area contributed by atoms with Gasteiger partial charge in [-0.1, -0.05) is 0 Å². The summed E-state index contributed by atoms with van der Waals surface area (Å²) in [4.78, 5) is 31.6. The molecule has 0 radical (unpaired) electrons. The van der Waals surface area contributed by atoms with E-state index in [2.05, 4.69) is 19.8 Å². The van der Waals surface area contributed by atoms with Crippen LogP contribution in [0.3, 0.4) is 0 Å². The standard InChI is InChI=1S/C11H17ClN4O2.ClH/c12-1-2-15-3-5-16(6-4-15)8-9-7-10(17)14-11(18)13-9;/h7H,1-6,8H2,(H2,13,14,17,18);1H. The monoisotopic (exact) mass is 308 g/mol. The predicted molar refractivity (Wildman–Crippen MR) is 77.4 cm³/mol. The molecule has 19 heavy (non-hydrogen) atoms. The maximum absolute atomic E-state index is 11.2. The minimum Gasteiger partial charge on any atom is -0.310 e. The molecule has 1 aromatic rings. The van der Waals surface area contributed by atoms with Gasteiger partial charge in [0.15, 0.2) is 0 Å². The molecule has 0 bridgehead atoms. The molecule has 0 spiro atoms. The lowest BCUT2D eigenvalue weighted by Crippen LogP contribution is -2.46. The molecule has 6 nitrogen and oxygen atoms in total. The second-order valence-corrected chi connectivity index (χ2v) is 4.80. The van der Waals surface area contributed by atoms with E-state index in [9.17, 15) is 9.59 Å². The molecule has 8 heteroatoms. The summed E-state index contributed by atoms with van der Waals surface area (Å²) >= 11 is 5.70. The predicted octanol–water partition coefficient (Wildman–Crippen LogP) is -0.159. The number of nitrogens with one attached hydrogen (secondary N) is 2. The fourth-order valence-corrected chi connectivity index (χ4v) is 2.38. The maximum Gasteiger partial charge on any atom is 0.325 e. The fourth-order valence-electron chi connectivity index (χ4n) is 2.14. The van der Waals surface area contributed by atoms with Crippen LogP contribution in [0.15, 0.2) is 15.7 Å². The van der Waals surface area contributed by atoms with Crippen molar-refractivity contribution >= 4 is 24.0 Å². The van der Waals surface area contributed by atoms with Gasteiger partial charge in [0.25, 0.3) is 5.56 Å². The quantitative estimate of drug-likeness (QED) is 0.758. The van der Waals surface area contributed by atoms with E-state index in [0.29, 0.717) is 18.1 Å². The van der Waals surface area contributed by atoms with Crippen molar-refractivity contribution in [2.24, 2.45) is 0 Å². The number of H-pyrrole nitrogens is 2. The average Bonchev–Trinajstić information content (AvgIpc) is 2.31. The number of alkyl halides is 1. The van der Waals surface area contributed by atoms with Crippen molar-refractivity contribution < 1.29 is 0 Å². The van der Waals surface area contributed by atoms with Gasteiger partial charge in [0.2, 0.25) is 0 Å². The molecule has 2 heterocycles. The van der Waals surface area contributed by atoms with Gasteiger partial charge in [-0.25, -0.2) is 4.79 Å². The highest BCUT2D eigenvalue weighted by Gasteiger charge is 2.16. The number of hydrogen-bond acceptors (Lipinski definition) is 4. The number of aromatic amines is 2. The largest absolute Gasteiger partial charge is 0.325 e. The summed E-state index contributed by atoms with van der Waals surface area (Å²) in [6.07, 6.45) is 0. The van der Waals surface area contributed by atoms with Crippen molar-refractivity contribution in [2.45, 2.75) is 6.54 Å². The van der Waals surface area contributed by atoms with E-state index < -0.39 is 5.69 Å². The first kappa shape index (κ1) is 16.2. The molecule has 2 N–H and O–H groups in total. The van der Waals surface area contributed by atoms with E-state index in [-0.39, 0.29) is 18.0 Å². The summed E-state index contributed by atoms with van der Waals surface area (Å²) in [6.45, 7) is 5.31. The van der Waals surface area contributed by atoms with Crippen molar-refractivity contribution in [2.75, 3.05) is 38.6 Å². The molecular weight excluding hydrogens is 291 g/mol. The van der Waals surface area contributed by atoms with E-state index >= 15 is 0 Å². The first-order chi connectivity index (χ1) is 8.67. The maximum atomic E-state index is 11.2. The molecule has 2 rings (SSSR count). The minimum atomic E-state index is -0.446. The summed E-state index contributed by atoms with van der Waals surface area (Å²) in [6, 6.07) is 1.44. The zero-order valence-electron chi connectivity index (χ0n) is 10.5. The van der Waals surface area contributed by atoms with Crippen LogP contribution in [0.25, 0.3) is 0 Å². The average molecular weight is 309 g/mol. The number of hydrogen-bond donors (Lipinski definition) is 2. The van der Waals surface area contributed by atoms with E-state index in [4.69, 9.17) is 11.6 Å². The number of halogens is 2. The highest BCUT2D eigenvalue weighted by atomic mass is 35.5. The van der Waals surface area contributed by atoms with Gasteiger partial charge in [-0.2, -0.15) is 0 Å². The van der Waals surface area contributed by atoms with Gasteiger partial charge in [0.1, 0.15) is 0 Å². The molecule has 0 aliphatic carbocycles. The lowest BCUT2D eigenvalue weighted by Gasteiger charge is -2.34. The molecule has 1 saturated heterocycles. The van der Waals surface area contributed by atoms with Crippen LogP contribution in [0.1, 0.15) is 5.69 Å². The van der Waals surface area contributed by atoms with Crippen LogP contribution in [0.4, 0.5) is 0 Å². The van der Waals surface area contributed by atoms with Gasteiger partial charge in [-0.3, -0.25) is 19.6 Å². The van der Waals surface area contributed by atoms with Gasteiger partial charge in [0, 0.05) is 56.9 Å². The minimum absolute atomic E-state index is 0. The van der Waals surface area contributed by atoms with Crippen LogP contribution in [0.2, 0.25) is 0 Å². The molecule has 1 aliphatic heterocycles. The number of piperazine rings is 1. The van der Waals surface area contributed by atoms with E-state index in [0.717, 1.165) is 32.7 Å². The van der Waals surface area contributed by atoms with Crippen LogP contribution in [-0.2, 0) is 6.54 Å². The van der Waals surface area contributed by atoms with Crippen LogP contribution in [0, 0.1) is 0 Å². The third-order valence-electron chi connectivity index (χ3n) is 3.08. The smallest absolute Gasteiger partial charge is 0.310 e. The second kappa shape index (κ2) is 7.69. The molecule has 1 fully saturated rings. The van der Waals surface area contributed by atoms with Crippen LogP contribution < -0.4 is 11.2 Å². The third-order valence-corrected chi connectivity index (χ3v) is 3.24. The van der Waals surface area contributed by atoms with Crippen molar-refractivity contribution in [1.29, 1.82) is 0 Å². The Labute approximate surface area is 122 Å². The van der Waals surface area contributed by atoms with Gasteiger partial charge < -0.3 is 4.98 Å². The number of aromatic nitrogens is 2. The Morgan fingerprint density at radius 3 is 2.32 bits per heavy atom. The second-order valence-electron chi connectivity index (χ2n) is 4.42. The summed E-state index contributed by atoms with van der Waals surface area (Å²) in [5.41, 5.74) is -0.137. The van der Waals surface area contributed by atoms with E-state index in [1.54, 1.807) is 0 Å². The lowest BCUT2D eigenvalue weighted by atomic mass is 10.3. The topological polar surface area (TPSA) is 72.2 Å². The summed E-state index contributed by atoms with van der Waals surface area (Å²) in [5, 5.41) is 0. The van der Waals surface area contributed by atoms with Crippen molar-refractivity contribution in [3.63, 3.8) is 0 Å². The summed E-state index contributed by atoms with van der Waals surface area (Å²) in [7, 11) is 0. The zero-order valence-corrected chi connectivity index (χ0v) is 12.1. The van der Waals surface area contributed by atoms with E-state index in [1.807, 2.05) is 0 Å². The van der Waals surface area contributed by atoms with Crippen LogP contribution >= 0.6 is 24.0 Å².